The number of nitrogens with one attached hydrogen (secondary N) is 1. The van der Waals surface area contributed by atoms with Crippen LogP contribution in [0.25, 0.3) is 0 Å². The Kier molecular flexibility index (Phi) is 5.79. The van der Waals surface area contributed by atoms with Gasteiger partial charge < -0.3 is 4.74 Å². The molecule has 1 heterocycles. The zero-order chi connectivity index (χ0) is 20.5. The van der Waals surface area contributed by atoms with Crippen molar-refractivity contribution in [3.63, 3.8) is 0 Å². The fourth-order valence-electron chi connectivity index (χ4n) is 3.05. The topological polar surface area (TPSA) is 92.8 Å². The van der Waals surface area contributed by atoms with E-state index in [0.717, 1.165) is 6.42 Å². The first-order chi connectivity index (χ1) is 13.1. The molecule has 1 aliphatic rings. The van der Waals surface area contributed by atoms with Gasteiger partial charge in [0.2, 0.25) is 10.0 Å². The summed E-state index contributed by atoms with van der Waals surface area (Å²) in [7, 11) is -6.14. The fraction of sp³-hybridized carbons (Fsp3) is 0.333. The van der Waals surface area contributed by atoms with Gasteiger partial charge >= 0.3 is 0 Å². The Morgan fingerprint density at radius 3 is 2.54 bits per heavy atom. The predicted octanol–water partition coefficient (Wildman–Crippen LogP) is 3.39. The number of halogens is 1. The molecular formula is C18H21ClN2O5S2. The molecule has 2 aromatic carbocycles. The minimum atomic E-state index is -4.03. The largest absolute Gasteiger partial charge is 0.495 e. The number of ether oxygens (including phenoxy) is 1. The molecule has 1 N–H and O–H groups in total. The molecule has 0 amide bonds. The number of sulfonamides is 2. The average molecular weight is 445 g/mol. The lowest BCUT2D eigenvalue weighted by molar-refractivity contribution is 0.403. The summed E-state index contributed by atoms with van der Waals surface area (Å²) in [6.07, 6.45) is 1.31. The minimum absolute atomic E-state index is 0.0450. The zero-order valence-corrected chi connectivity index (χ0v) is 17.9. The molecule has 152 valence electrons. The molecule has 28 heavy (non-hydrogen) atoms. The van der Waals surface area contributed by atoms with Gasteiger partial charge in [-0.25, -0.2) is 16.8 Å². The SMILES string of the molecule is COc1ccc(N2CCCCS2(=O)=O)cc1S(=O)(=O)Nc1ccc(Cl)cc1C. The Morgan fingerprint density at radius 2 is 1.89 bits per heavy atom. The van der Waals surface area contributed by atoms with Crippen LogP contribution in [0.4, 0.5) is 11.4 Å². The van der Waals surface area contributed by atoms with Gasteiger partial charge in [0.1, 0.15) is 10.6 Å². The van der Waals surface area contributed by atoms with Crippen molar-refractivity contribution in [2.75, 3.05) is 28.4 Å². The molecule has 0 aliphatic carbocycles. The standard InChI is InChI=1S/C18H21ClN2O5S2/c1-13-11-14(19)5-7-16(13)20-28(24,25)18-12-15(6-8-17(18)26-2)21-9-3-4-10-27(21,22)23/h5-8,11-12,20H,3-4,9-10H2,1-2H3. The van der Waals surface area contributed by atoms with Crippen LogP contribution < -0.4 is 13.8 Å². The van der Waals surface area contributed by atoms with Crippen LogP contribution in [0.15, 0.2) is 41.3 Å². The highest BCUT2D eigenvalue weighted by Crippen LogP contribution is 2.33. The van der Waals surface area contributed by atoms with Crippen molar-refractivity contribution in [2.24, 2.45) is 0 Å². The highest BCUT2D eigenvalue weighted by atomic mass is 35.5. The van der Waals surface area contributed by atoms with Gasteiger partial charge in [-0.05, 0) is 61.7 Å². The monoisotopic (exact) mass is 444 g/mol. The summed E-state index contributed by atoms with van der Waals surface area (Å²) >= 11 is 5.93. The van der Waals surface area contributed by atoms with E-state index in [2.05, 4.69) is 4.72 Å². The van der Waals surface area contributed by atoms with Gasteiger partial charge in [-0.15, -0.1) is 0 Å². The smallest absolute Gasteiger partial charge is 0.265 e. The maximum atomic E-state index is 13.0. The van der Waals surface area contributed by atoms with Gasteiger partial charge in [0.25, 0.3) is 10.0 Å². The van der Waals surface area contributed by atoms with E-state index in [1.807, 2.05) is 0 Å². The summed E-state index contributed by atoms with van der Waals surface area (Å²) in [5.41, 5.74) is 1.33. The van der Waals surface area contributed by atoms with E-state index in [-0.39, 0.29) is 16.4 Å². The highest BCUT2D eigenvalue weighted by Gasteiger charge is 2.29. The molecule has 0 radical (unpaired) electrons. The van der Waals surface area contributed by atoms with Crippen molar-refractivity contribution < 1.29 is 21.6 Å². The lowest BCUT2D eigenvalue weighted by Gasteiger charge is -2.28. The molecule has 1 saturated heterocycles. The number of anilines is 2. The van der Waals surface area contributed by atoms with Crippen molar-refractivity contribution in [1.82, 2.24) is 0 Å². The fourth-order valence-corrected chi connectivity index (χ4v) is 6.23. The number of hydrogen-bond donors (Lipinski definition) is 1. The number of benzene rings is 2. The van der Waals surface area contributed by atoms with Crippen LogP contribution in [0.2, 0.25) is 5.02 Å². The maximum absolute atomic E-state index is 13.0. The van der Waals surface area contributed by atoms with Crippen LogP contribution in [0.3, 0.4) is 0 Å². The number of rotatable bonds is 5. The van der Waals surface area contributed by atoms with Crippen molar-refractivity contribution in [3.05, 3.63) is 47.0 Å². The van der Waals surface area contributed by atoms with E-state index < -0.39 is 20.0 Å². The molecule has 10 heteroatoms. The van der Waals surface area contributed by atoms with Crippen LogP contribution >= 0.6 is 11.6 Å². The quantitative estimate of drug-likeness (QED) is 0.763. The van der Waals surface area contributed by atoms with Crippen LogP contribution in [0.5, 0.6) is 5.75 Å². The normalized spacial score (nSPS) is 16.6. The molecule has 1 fully saturated rings. The molecule has 1 aliphatic heterocycles. The molecular weight excluding hydrogens is 424 g/mol. The van der Waals surface area contributed by atoms with E-state index in [0.29, 0.717) is 34.9 Å². The van der Waals surface area contributed by atoms with Crippen molar-refractivity contribution >= 4 is 43.0 Å². The third-order valence-corrected chi connectivity index (χ3v) is 8.00. The van der Waals surface area contributed by atoms with Gasteiger partial charge in [-0.1, -0.05) is 11.6 Å². The lowest BCUT2D eigenvalue weighted by atomic mass is 10.2. The van der Waals surface area contributed by atoms with E-state index >= 15 is 0 Å². The third kappa shape index (κ3) is 4.21. The second-order valence-corrected chi connectivity index (χ2v) is 10.6. The molecule has 0 bridgehead atoms. The van der Waals surface area contributed by atoms with Crippen molar-refractivity contribution in [1.29, 1.82) is 0 Å². The van der Waals surface area contributed by atoms with Gasteiger partial charge in [-0.3, -0.25) is 9.03 Å². The first-order valence-electron chi connectivity index (χ1n) is 8.61. The number of nitrogens with zero attached hydrogens (tertiary/aromatic N) is 1. The molecule has 0 atom stereocenters. The number of hydrogen-bond acceptors (Lipinski definition) is 5. The molecule has 0 unspecified atom stereocenters. The zero-order valence-electron chi connectivity index (χ0n) is 15.5. The highest BCUT2D eigenvalue weighted by molar-refractivity contribution is 7.93. The third-order valence-electron chi connectivity index (χ3n) is 4.51. The van der Waals surface area contributed by atoms with Gasteiger partial charge in [0, 0.05) is 11.6 Å². The van der Waals surface area contributed by atoms with Crippen molar-refractivity contribution in [3.8, 4) is 5.75 Å². The number of methoxy groups -OCH3 is 1. The molecule has 2 aromatic rings. The Balaban J connectivity index is 2.04. The molecule has 0 spiro atoms. The van der Waals surface area contributed by atoms with Crippen LogP contribution in [-0.4, -0.2) is 36.2 Å². The second-order valence-electron chi connectivity index (χ2n) is 6.50. The first-order valence-corrected chi connectivity index (χ1v) is 12.1. The minimum Gasteiger partial charge on any atom is -0.495 e. The summed E-state index contributed by atoms with van der Waals surface area (Å²) in [6, 6.07) is 9.14. The Labute approximate surface area is 170 Å². The Bertz CT molecular complexity index is 1100. The summed E-state index contributed by atoms with van der Waals surface area (Å²) in [6.45, 7) is 2.05. The van der Waals surface area contributed by atoms with Gasteiger partial charge in [0.15, 0.2) is 0 Å². The van der Waals surface area contributed by atoms with E-state index in [1.54, 1.807) is 31.2 Å². The molecule has 3 rings (SSSR count). The summed E-state index contributed by atoms with van der Waals surface area (Å²) in [5, 5.41) is 0.496. The first kappa shape index (κ1) is 20.8. The Morgan fingerprint density at radius 1 is 1.14 bits per heavy atom. The van der Waals surface area contributed by atoms with Gasteiger partial charge in [0.05, 0.1) is 24.2 Å². The molecule has 7 nitrogen and oxygen atoms in total. The van der Waals surface area contributed by atoms with E-state index in [1.165, 1.54) is 23.5 Å². The van der Waals surface area contributed by atoms with Crippen molar-refractivity contribution in [2.45, 2.75) is 24.7 Å². The van der Waals surface area contributed by atoms with Gasteiger partial charge in [-0.2, -0.15) is 0 Å². The van der Waals surface area contributed by atoms with E-state index in [9.17, 15) is 16.8 Å². The number of aryl methyl sites for hydroxylation is 1. The molecule has 0 aromatic heterocycles. The predicted molar refractivity (Wildman–Crippen MR) is 110 cm³/mol. The summed E-state index contributed by atoms with van der Waals surface area (Å²) in [5.74, 6) is 0.167. The maximum Gasteiger partial charge on any atom is 0.265 e. The second kappa shape index (κ2) is 7.81. The van der Waals surface area contributed by atoms with E-state index in [4.69, 9.17) is 16.3 Å². The average Bonchev–Trinajstić information content (AvgIpc) is 2.63. The Hall–Kier alpha value is -1.97. The van der Waals surface area contributed by atoms with Crippen LogP contribution in [-0.2, 0) is 20.0 Å². The van der Waals surface area contributed by atoms with Crippen LogP contribution in [0.1, 0.15) is 18.4 Å². The lowest BCUT2D eigenvalue weighted by Crippen LogP contribution is -2.37. The molecule has 0 saturated carbocycles. The summed E-state index contributed by atoms with van der Waals surface area (Å²) in [4.78, 5) is -0.136. The van der Waals surface area contributed by atoms with Crippen LogP contribution in [0, 0.1) is 6.92 Å². The summed E-state index contributed by atoms with van der Waals surface area (Å²) < 4.78 is 59.8.